The molecule has 0 fully saturated rings. The summed E-state index contributed by atoms with van der Waals surface area (Å²) in [6, 6.07) is 12.0. The lowest BCUT2D eigenvalue weighted by atomic mass is 9.97. The molecule has 130 valence electrons. The Bertz CT molecular complexity index is 826. The highest BCUT2D eigenvalue weighted by molar-refractivity contribution is 5.85. The van der Waals surface area contributed by atoms with Gasteiger partial charge in [0.05, 0.1) is 6.04 Å². The van der Waals surface area contributed by atoms with Crippen molar-refractivity contribution in [2.45, 2.75) is 45.6 Å². The van der Waals surface area contributed by atoms with E-state index < -0.39 is 5.97 Å². The first kappa shape index (κ1) is 17.2. The number of hydrogen-bond donors (Lipinski definition) is 2. The van der Waals surface area contributed by atoms with E-state index in [1.807, 2.05) is 24.3 Å². The summed E-state index contributed by atoms with van der Waals surface area (Å²) in [6.45, 7) is 4.14. The number of Topliss-reactive ketones (excluding diaryl/α,β-unsaturated/α-hetero) is 1. The number of carboxylic acids is 1. The summed E-state index contributed by atoms with van der Waals surface area (Å²) in [4.78, 5) is 23.2. The smallest absolute Gasteiger partial charge is 0.303 e. The number of fused-ring (bicyclic) bond motifs is 1. The predicted molar refractivity (Wildman–Crippen MR) is 98.0 cm³/mol. The maximum absolute atomic E-state index is 12.4. The van der Waals surface area contributed by atoms with Gasteiger partial charge >= 0.3 is 5.97 Å². The van der Waals surface area contributed by atoms with Crippen molar-refractivity contribution in [2.75, 3.05) is 5.32 Å². The molecule has 1 aliphatic rings. The Morgan fingerprint density at radius 2 is 1.96 bits per heavy atom. The zero-order valence-corrected chi connectivity index (χ0v) is 14.6. The lowest BCUT2D eigenvalue weighted by Gasteiger charge is -2.19. The Labute approximate surface area is 147 Å². The Kier molecular flexibility index (Phi) is 4.88. The summed E-state index contributed by atoms with van der Waals surface area (Å²) in [7, 11) is 0. The standard InChI is InChI=1S/C21H23NO3/c1-13-8-17-11-18(23)12-20(22-19(17)9-14(13)2)16-5-3-4-15(10-16)6-7-21(24)25/h3-5,8-10,20,22H,6-7,11-12H2,1-2H3,(H,24,25). The molecule has 0 aliphatic carbocycles. The zero-order valence-electron chi connectivity index (χ0n) is 14.6. The number of aliphatic carboxylic acids is 1. The van der Waals surface area contributed by atoms with E-state index in [-0.39, 0.29) is 18.2 Å². The first-order chi connectivity index (χ1) is 11.9. The highest BCUT2D eigenvalue weighted by Gasteiger charge is 2.23. The van der Waals surface area contributed by atoms with Crippen LogP contribution in [-0.4, -0.2) is 16.9 Å². The number of carboxylic acid groups (broad SMARTS) is 1. The number of aryl methyl sites for hydroxylation is 3. The molecule has 4 nitrogen and oxygen atoms in total. The minimum atomic E-state index is -0.798. The van der Waals surface area contributed by atoms with Crippen LogP contribution in [0.3, 0.4) is 0 Å². The average Bonchev–Trinajstić information content (AvgIpc) is 2.72. The molecule has 25 heavy (non-hydrogen) atoms. The van der Waals surface area contributed by atoms with Crippen LogP contribution in [0.15, 0.2) is 36.4 Å². The Morgan fingerprint density at radius 3 is 2.72 bits per heavy atom. The van der Waals surface area contributed by atoms with Gasteiger partial charge in [0, 0.05) is 24.9 Å². The quantitative estimate of drug-likeness (QED) is 0.885. The van der Waals surface area contributed by atoms with E-state index in [2.05, 4.69) is 31.3 Å². The number of anilines is 1. The molecule has 2 aromatic rings. The maximum Gasteiger partial charge on any atom is 0.303 e. The number of nitrogens with one attached hydrogen (secondary N) is 1. The molecule has 2 N–H and O–H groups in total. The van der Waals surface area contributed by atoms with Crippen molar-refractivity contribution in [2.24, 2.45) is 0 Å². The third-order valence-corrected chi connectivity index (χ3v) is 4.85. The first-order valence-corrected chi connectivity index (χ1v) is 8.61. The fraction of sp³-hybridized carbons (Fsp3) is 0.333. The molecule has 0 saturated heterocycles. The number of carbonyl (C=O) groups is 2. The van der Waals surface area contributed by atoms with Gasteiger partial charge in [-0.1, -0.05) is 30.3 Å². The van der Waals surface area contributed by atoms with Crippen molar-refractivity contribution in [3.05, 3.63) is 64.2 Å². The molecule has 0 bridgehead atoms. The molecule has 1 aliphatic heterocycles. The second-order valence-corrected chi connectivity index (χ2v) is 6.85. The lowest BCUT2D eigenvalue weighted by molar-refractivity contribution is -0.137. The van der Waals surface area contributed by atoms with Crippen molar-refractivity contribution in [1.82, 2.24) is 0 Å². The molecule has 1 heterocycles. The van der Waals surface area contributed by atoms with Crippen LogP contribution in [0.25, 0.3) is 0 Å². The van der Waals surface area contributed by atoms with Crippen LogP contribution in [0.1, 0.15) is 46.7 Å². The van der Waals surface area contributed by atoms with E-state index in [1.165, 1.54) is 11.1 Å². The third-order valence-electron chi connectivity index (χ3n) is 4.85. The van der Waals surface area contributed by atoms with E-state index in [4.69, 9.17) is 5.11 Å². The van der Waals surface area contributed by atoms with E-state index in [1.54, 1.807) is 0 Å². The van der Waals surface area contributed by atoms with Crippen molar-refractivity contribution in [3.63, 3.8) is 0 Å². The second-order valence-electron chi connectivity index (χ2n) is 6.85. The predicted octanol–water partition coefficient (Wildman–Crippen LogP) is 3.99. The summed E-state index contributed by atoms with van der Waals surface area (Å²) in [5.41, 5.74) is 6.49. The SMILES string of the molecule is Cc1cc2c(cc1C)NC(c1cccc(CCC(=O)O)c1)CC(=O)C2. The van der Waals surface area contributed by atoms with Crippen LogP contribution in [0.2, 0.25) is 0 Å². The fourth-order valence-corrected chi connectivity index (χ4v) is 3.33. The van der Waals surface area contributed by atoms with E-state index in [0.717, 1.165) is 22.4 Å². The van der Waals surface area contributed by atoms with Crippen LogP contribution in [0.4, 0.5) is 5.69 Å². The number of benzene rings is 2. The molecule has 0 aromatic heterocycles. The molecular formula is C21H23NO3. The highest BCUT2D eigenvalue weighted by Crippen LogP contribution is 2.32. The van der Waals surface area contributed by atoms with Gasteiger partial charge in [-0.25, -0.2) is 0 Å². The van der Waals surface area contributed by atoms with E-state index >= 15 is 0 Å². The summed E-state index contributed by atoms with van der Waals surface area (Å²) >= 11 is 0. The van der Waals surface area contributed by atoms with Gasteiger partial charge < -0.3 is 10.4 Å². The van der Waals surface area contributed by atoms with Crippen LogP contribution < -0.4 is 5.32 Å². The summed E-state index contributed by atoms with van der Waals surface area (Å²) < 4.78 is 0. The lowest BCUT2D eigenvalue weighted by Crippen LogP contribution is -2.13. The monoisotopic (exact) mass is 337 g/mol. The van der Waals surface area contributed by atoms with Crippen molar-refractivity contribution in [1.29, 1.82) is 0 Å². The average molecular weight is 337 g/mol. The first-order valence-electron chi connectivity index (χ1n) is 8.61. The van der Waals surface area contributed by atoms with Gasteiger partial charge in [0.1, 0.15) is 5.78 Å². The Balaban J connectivity index is 1.89. The normalized spacial score (nSPS) is 16.7. The number of hydrogen-bond acceptors (Lipinski definition) is 3. The molecular weight excluding hydrogens is 314 g/mol. The van der Waals surface area contributed by atoms with Crippen molar-refractivity contribution < 1.29 is 14.7 Å². The van der Waals surface area contributed by atoms with Gasteiger partial charge in [0.2, 0.25) is 0 Å². The number of ketones is 1. The Hall–Kier alpha value is -2.62. The molecule has 1 unspecified atom stereocenters. The molecule has 2 aromatic carbocycles. The third kappa shape index (κ3) is 4.08. The summed E-state index contributed by atoms with van der Waals surface area (Å²) in [5.74, 6) is -0.580. The van der Waals surface area contributed by atoms with Crippen molar-refractivity contribution >= 4 is 17.4 Å². The zero-order chi connectivity index (χ0) is 18.0. The van der Waals surface area contributed by atoms with E-state index in [0.29, 0.717) is 19.3 Å². The van der Waals surface area contributed by atoms with Gasteiger partial charge in [-0.15, -0.1) is 0 Å². The van der Waals surface area contributed by atoms with Gasteiger partial charge in [-0.05, 0) is 54.2 Å². The molecule has 3 rings (SSSR count). The molecule has 0 saturated carbocycles. The second kappa shape index (κ2) is 7.09. The van der Waals surface area contributed by atoms with Gasteiger partial charge in [-0.3, -0.25) is 9.59 Å². The molecule has 1 atom stereocenters. The summed E-state index contributed by atoms with van der Waals surface area (Å²) in [6.07, 6.45) is 1.51. The Morgan fingerprint density at radius 1 is 1.20 bits per heavy atom. The molecule has 0 spiro atoms. The number of rotatable bonds is 4. The molecule has 0 amide bonds. The van der Waals surface area contributed by atoms with E-state index in [9.17, 15) is 9.59 Å². The van der Waals surface area contributed by atoms with Gasteiger partial charge in [0.25, 0.3) is 0 Å². The summed E-state index contributed by atoms with van der Waals surface area (Å²) in [5, 5.41) is 12.4. The topological polar surface area (TPSA) is 66.4 Å². The minimum Gasteiger partial charge on any atom is -0.481 e. The van der Waals surface area contributed by atoms with Crippen LogP contribution >= 0.6 is 0 Å². The molecule has 4 heteroatoms. The number of carbonyl (C=O) groups excluding carboxylic acids is 1. The molecule has 0 radical (unpaired) electrons. The largest absolute Gasteiger partial charge is 0.481 e. The van der Waals surface area contributed by atoms with Gasteiger partial charge in [0.15, 0.2) is 0 Å². The maximum atomic E-state index is 12.4. The van der Waals surface area contributed by atoms with Crippen molar-refractivity contribution in [3.8, 4) is 0 Å². The van der Waals surface area contributed by atoms with Crippen LogP contribution in [0, 0.1) is 13.8 Å². The van der Waals surface area contributed by atoms with Crippen LogP contribution in [0.5, 0.6) is 0 Å². The van der Waals surface area contributed by atoms with Crippen LogP contribution in [-0.2, 0) is 22.4 Å². The highest BCUT2D eigenvalue weighted by atomic mass is 16.4. The van der Waals surface area contributed by atoms with Gasteiger partial charge in [-0.2, -0.15) is 0 Å². The fourth-order valence-electron chi connectivity index (χ4n) is 3.33. The minimum absolute atomic E-state index is 0.0827.